The quantitative estimate of drug-likeness (QED) is 0.811. The van der Waals surface area contributed by atoms with Crippen LogP contribution < -0.4 is 10.6 Å². The van der Waals surface area contributed by atoms with Gasteiger partial charge in [-0.1, -0.05) is 35.9 Å². The number of hydrogen-bond acceptors (Lipinski definition) is 2. The zero-order valence-electron chi connectivity index (χ0n) is 11.0. The minimum Gasteiger partial charge on any atom is -0.387 e. The lowest BCUT2D eigenvalue weighted by Gasteiger charge is -2.14. The number of benzene rings is 2. The molecule has 110 valence electrons. The Hall–Kier alpha value is -2.11. The Balaban J connectivity index is 1.88. The van der Waals surface area contributed by atoms with Gasteiger partial charge in [-0.05, 0) is 24.3 Å². The molecule has 0 saturated heterocycles. The normalized spacial score (nSPS) is 11.8. The molecule has 0 heterocycles. The maximum Gasteiger partial charge on any atom is 0.319 e. The van der Waals surface area contributed by atoms with Crippen LogP contribution in [-0.2, 0) is 0 Å². The van der Waals surface area contributed by atoms with Crippen molar-refractivity contribution >= 4 is 23.3 Å². The molecule has 0 aliphatic heterocycles. The van der Waals surface area contributed by atoms with Crippen LogP contribution in [0.15, 0.2) is 48.5 Å². The Bertz CT molecular complexity index is 637. The summed E-state index contributed by atoms with van der Waals surface area (Å²) in [6.45, 7) is -0.00905. The molecule has 4 nitrogen and oxygen atoms in total. The minimum absolute atomic E-state index is 0.00905. The van der Waals surface area contributed by atoms with Crippen molar-refractivity contribution in [2.45, 2.75) is 6.10 Å². The van der Waals surface area contributed by atoms with E-state index >= 15 is 0 Å². The summed E-state index contributed by atoms with van der Waals surface area (Å²) in [6, 6.07) is 11.8. The summed E-state index contributed by atoms with van der Waals surface area (Å²) < 4.78 is 13.0. The predicted octanol–water partition coefficient (Wildman–Crippen LogP) is 3.33. The van der Waals surface area contributed by atoms with E-state index in [1.54, 1.807) is 30.3 Å². The summed E-state index contributed by atoms with van der Waals surface area (Å²) >= 11 is 5.95. The van der Waals surface area contributed by atoms with Gasteiger partial charge in [0.05, 0.1) is 6.10 Å². The molecule has 0 saturated carbocycles. The third-order valence-electron chi connectivity index (χ3n) is 2.80. The average Bonchev–Trinajstić information content (AvgIpc) is 2.45. The zero-order chi connectivity index (χ0) is 15.2. The molecular weight excluding hydrogens is 295 g/mol. The largest absolute Gasteiger partial charge is 0.387 e. The molecule has 6 heteroatoms. The Morgan fingerprint density at radius 3 is 2.71 bits per heavy atom. The molecule has 21 heavy (non-hydrogen) atoms. The molecule has 2 rings (SSSR count). The van der Waals surface area contributed by atoms with Crippen molar-refractivity contribution < 1.29 is 14.3 Å². The Labute approximate surface area is 126 Å². The van der Waals surface area contributed by atoms with E-state index in [9.17, 15) is 14.3 Å². The highest BCUT2D eigenvalue weighted by atomic mass is 35.5. The number of hydrogen-bond donors (Lipinski definition) is 3. The van der Waals surface area contributed by atoms with Gasteiger partial charge in [-0.3, -0.25) is 0 Å². The fourth-order valence-corrected chi connectivity index (χ4v) is 2.05. The molecule has 0 aromatic heterocycles. The lowest BCUT2D eigenvalue weighted by Crippen LogP contribution is -2.32. The Morgan fingerprint density at radius 1 is 1.24 bits per heavy atom. The number of aliphatic hydroxyl groups is 1. The number of carbonyl (C=O) groups is 1. The Morgan fingerprint density at radius 2 is 2.00 bits per heavy atom. The van der Waals surface area contributed by atoms with Crippen LogP contribution in [0.5, 0.6) is 0 Å². The first-order valence-corrected chi connectivity index (χ1v) is 6.67. The van der Waals surface area contributed by atoms with E-state index in [0.717, 1.165) is 0 Å². The lowest BCUT2D eigenvalue weighted by molar-refractivity contribution is 0.175. The van der Waals surface area contributed by atoms with Gasteiger partial charge in [0.1, 0.15) is 5.82 Å². The minimum atomic E-state index is -0.919. The second-order valence-electron chi connectivity index (χ2n) is 4.38. The van der Waals surface area contributed by atoms with Crippen LogP contribution in [-0.4, -0.2) is 17.7 Å². The highest BCUT2D eigenvalue weighted by Gasteiger charge is 2.12. The van der Waals surface area contributed by atoms with E-state index in [1.165, 1.54) is 18.2 Å². The number of aliphatic hydroxyl groups excluding tert-OH is 1. The molecule has 1 atom stereocenters. The maximum absolute atomic E-state index is 13.0. The van der Waals surface area contributed by atoms with Gasteiger partial charge in [-0.15, -0.1) is 0 Å². The third kappa shape index (κ3) is 4.44. The predicted molar refractivity (Wildman–Crippen MR) is 79.8 cm³/mol. The van der Waals surface area contributed by atoms with Crippen molar-refractivity contribution in [3.05, 3.63) is 64.9 Å². The standard InChI is InChI=1S/C15H14ClFN2O2/c16-13-7-2-1-6-12(13)14(20)9-18-15(21)19-11-5-3-4-10(17)8-11/h1-8,14,20H,9H2,(H2,18,19,21). The smallest absolute Gasteiger partial charge is 0.319 e. The van der Waals surface area contributed by atoms with Crippen LogP contribution in [0.4, 0.5) is 14.9 Å². The van der Waals surface area contributed by atoms with Gasteiger partial charge in [-0.25, -0.2) is 9.18 Å². The molecule has 0 aliphatic carbocycles. The van der Waals surface area contributed by atoms with Gasteiger partial charge in [0.2, 0.25) is 0 Å². The van der Waals surface area contributed by atoms with Crippen LogP contribution in [0.25, 0.3) is 0 Å². The van der Waals surface area contributed by atoms with Crippen molar-refractivity contribution in [3.63, 3.8) is 0 Å². The topological polar surface area (TPSA) is 61.4 Å². The average molecular weight is 309 g/mol. The second-order valence-corrected chi connectivity index (χ2v) is 4.79. The molecule has 0 radical (unpaired) electrons. The molecule has 2 amide bonds. The van der Waals surface area contributed by atoms with Crippen LogP contribution in [0, 0.1) is 5.82 Å². The first kappa shape index (κ1) is 15.3. The summed E-state index contributed by atoms with van der Waals surface area (Å²) in [4.78, 5) is 11.7. The number of amides is 2. The highest BCUT2D eigenvalue weighted by Crippen LogP contribution is 2.21. The number of rotatable bonds is 4. The van der Waals surface area contributed by atoms with E-state index in [-0.39, 0.29) is 6.54 Å². The van der Waals surface area contributed by atoms with E-state index in [4.69, 9.17) is 11.6 Å². The molecule has 0 spiro atoms. The number of halogens is 2. The summed E-state index contributed by atoms with van der Waals surface area (Å²) in [5, 5.41) is 15.4. The number of nitrogens with one attached hydrogen (secondary N) is 2. The second kappa shape index (κ2) is 7.06. The summed E-state index contributed by atoms with van der Waals surface area (Å²) in [5.74, 6) is -0.441. The van der Waals surface area contributed by atoms with Gasteiger partial charge in [0, 0.05) is 22.8 Å². The van der Waals surface area contributed by atoms with Crippen LogP contribution in [0.3, 0.4) is 0 Å². The monoisotopic (exact) mass is 308 g/mol. The fourth-order valence-electron chi connectivity index (χ4n) is 1.79. The van der Waals surface area contributed by atoms with Crippen molar-refractivity contribution in [3.8, 4) is 0 Å². The molecule has 0 fully saturated rings. The number of carbonyl (C=O) groups excluding carboxylic acids is 1. The van der Waals surface area contributed by atoms with Crippen molar-refractivity contribution in [1.29, 1.82) is 0 Å². The molecule has 0 bridgehead atoms. The van der Waals surface area contributed by atoms with Gasteiger partial charge in [-0.2, -0.15) is 0 Å². The van der Waals surface area contributed by atoms with Crippen molar-refractivity contribution in [1.82, 2.24) is 5.32 Å². The van der Waals surface area contributed by atoms with E-state index < -0.39 is 18.0 Å². The van der Waals surface area contributed by atoms with Gasteiger partial charge in [0.15, 0.2) is 0 Å². The van der Waals surface area contributed by atoms with Gasteiger partial charge in [0.25, 0.3) is 0 Å². The van der Waals surface area contributed by atoms with Crippen molar-refractivity contribution in [2.24, 2.45) is 0 Å². The molecular formula is C15H14ClFN2O2. The first-order valence-electron chi connectivity index (χ1n) is 6.29. The lowest BCUT2D eigenvalue weighted by atomic mass is 10.1. The fraction of sp³-hybridized carbons (Fsp3) is 0.133. The van der Waals surface area contributed by atoms with E-state index in [0.29, 0.717) is 16.3 Å². The number of anilines is 1. The van der Waals surface area contributed by atoms with E-state index in [1.807, 2.05) is 0 Å². The van der Waals surface area contributed by atoms with Crippen LogP contribution in [0.2, 0.25) is 5.02 Å². The molecule has 3 N–H and O–H groups in total. The Kier molecular flexibility index (Phi) is 5.14. The molecule has 1 unspecified atom stereocenters. The van der Waals surface area contributed by atoms with Crippen molar-refractivity contribution in [2.75, 3.05) is 11.9 Å². The summed E-state index contributed by atoms with van der Waals surface area (Å²) in [5.41, 5.74) is 0.866. The maximum atomic E-state index is 13.0. The zero-order valence-corrected chi connectivity index (χ0v) is 11.8. The number of urea groups is 1. The summed E-state index contributed by atoms with van der Waals surface area (Å²) in [7, 11) is 0. The highest BCUT2D eigenvalue weighted by molar-refractivity contribution is 6.31. The SMILES string of the molecule is O=C(NCC(O)c1ccccc1Cl)Nc1cccc(F)c1. The summed E-state index contributed by atoms with van der Waals surface area (Å²) in [6.07, 6.45) is -0.919. The first-order chi connectivity index (χ1) is 10.1. The van der Waals surface area contributed by atoms with E-state index in [2.05, 4.69) is 10.6 Å². The molecule has 2 aromatic carbocycles. The van der Waals surface area contributed by atoms with Crippen LogP contribution >= 0.6 is 11.6 Å². The third-order valence-corrected chi connectivity index (χ3v) is 3.15. The molecule has 2 aromatic rings. The molecule has 0 aliphatic rings. The van der Waals surface area contributed by atoms with Gasteiger partial charge < -0.3 is 15.7 Å². The van der Waals surface area contributed by atoms with Crippen LogP contribution in [0.1, 0.15) is 11.7 Å². The van der Waals surface area contributed by atoms with Gasteiger partial charge >= 0.3 is 6.03 Å².